The molecule has 0 radical (unpaired) electrons. The van der Waals surface area contributed by atoms with Gasteiger partial charge < -0.3 is 14.4 Å². The summed E-state index contributed by atoms with van der Waals surface area (Å²) in [6.45, 7) is 4.10. The van der Waals surface area contributed by atoms with Crippen molar-refractivity contribution in [2.24, 2.45) is 0 Å². The molecule has 0 aromatic heterocycles. The Morgan fingerprint density at radius 3 is 2.10 bits per heavy atom. The molecule has 7 nitrogen and oxygen atoms in total. The third-order valence-electron chi connectivity index (χ3n) is 7.35. The van der Waals surface area contributed by atoms with Crippen molar-refractivity contribution in [1.82, 2.24) is 4.90 Å². The van der Waals surface area contributed by atoms with E-state index in [2.05, 4.69) is 0 Å². The van der Waals surface area contributed by atoms with Crippen molar-refractivity contribution >= 4 is 23.3 Å². The first-order valence-electron chi connectivity index (χ1n) is 13.9. The molecule has 4 aromatic rings. The quantitative estimate of drug-likeness (QED) is 0.223. The van der Waals surface area contributed by atoms with Gasteiger partial charge in [0.25, 0.3) is 11.8 Å². The number of benzene rings is 4. The molecule has 1 aliphatic rings. The molecular formula is C35H34N2O5. The summed E-state index contributed by atoms with van der Waals surface area (Å²) in [5.41, 5.74) is 2.25. The normalized spacial score (nSPS) is 13.6. The Morgan fingerprint density at radius 1 is 0.833 bits per heavy atom. The van der Waals surface area contributed by atoms with Gasteiger partial charge in [0.15, 0.2) is 11.4 Å². The molecule has 1 heterocycles. The number of rotatable bonds is 10. The van der Waals surface area contributed by atoms with Gasteiger partial charge in [-0.05, 0) is 73.9 Å². The first kappa shape index (κ1) is 28.6. The van der Waals surface area contributed by atoms with Gasteiger partial charge in [0.05, 0.1) is 19.3 Å². The van der Waals surface area contributed by atoms with E-state index in [9.17, 15) is 14.4 Å². The van der Waals surface area contributed by atoms with Crippen LogP contribution in [0.25, 0.3) is 0 Å². The first-order chi connectivity index (χ1) is 20.2. The Hall–Kier alpha value is -4.91. The number of fused-ring (bicyclic) bond motifs is 1. The minimum Gasteiger partial charge on any atom is -0.497 e. The zero-order valence-corrected chi connectivity index (χ0v) is 24.1. The van der Waals surface area contributed by atoms with Crippen LogP contribution >= 0.6 is 0 Å². The van der Waals surface area contributed by atoms with Gasteiger partial charge in [-0.3, -0.25) is 19.3 Å². The lowest BCUT2D eigenvalue weighted by Crippen LogP contribution is -2.54. The van der Waals surface area contributed by atoms with Gasteiger partial charge in [0.1, 0.15) is 11.5 Å². The molecule has 0 saturated carbocycles. The van der Waals surface area contributed by atoms with Crippen LogP contribution in [0.5, 0.6) is 11.5 Å². The van der Waals surface area contributed by atoms with Crippen LogP contribution in [0.2, 0.25) is 0 Å². The maximum atomic E-state index is 14.0. The summed E-state index contributed by atoms with van der Waals surface area (Å²) in [5.74, 6) is 0.316. The minimum absolute atomic E-state index is 0.170. The summed E-state index contributed by atoms with van der Waals surface area (Å²) in [7, 11) is 1.56. The second-order valence-electron chi connectivity index (χ2n) is 10.8. The lowest BCUT2D eigenvalue weighted by Gasteiger charge is -2.38. The van der Waals surface area contributed by atoms with Crippen LogP contribution in [-0.4, -0.2) is 48.3 Å². The number of carbonyl (C=O) groups excluding carboxylic acids is 3. The number of anilines is 1. The number of nitrogens with zero attached hydrogens (tertiary/aromatic N) is 2. The molecular weight excluding hydrogens is 528 g/mol. The van der Waals surface area contributed by atoms with Crippen molar-refractivity contribution in [3.8, 4) is 11.5 Å². The smallest absolute Gasteiger partial charge is 0.271 e. The van der Waals surface area contributed by atoms with Crippen LogP contribution in [0.3, 0.4) is 0 Å². The highest BCUT2D eigenvalue weighted by molar-refractivity contribution is 6.10. The van der Waals surface area contributed by atoms with E-state index in [0.29, 0.717) is 47.8 Å². The predicted molar refractivity (Wildman–Crippen MR) is 162 cm³/mol. The van der Waals surface area contributed by atoms with E-state index in [1.54, 1.807) is 63.4 Å². The Balaban J connectivity index is 1.44. The molecule has 214 valence electrons. The van der Waals surface area contributed by atoms with Crippen molar-refractivity contribution in [2.75, 3.05) is 25.1 Å². The average molecular weight is 563 g/mol. The molecule has 0 N–H and O–H groups in total. The second kappa shape index (κ2) is 12.3. The lowest BCUT2D eigenvalue weighted by molar-refractivity contribution is -0.132. The number of amides is 2. The summed E-state index contributed by atoms with van der Waals surface area (Å²) in [6.07, 6.45) is 0.697. The molecule has 0 spiro atoms. The van der Waals surface area contributed by atoms with Gasteiger partial charge in [-0.25, -0.2) is 0 Å². The monoisotopic (exact) mass is 562 g/mol. The van der Waals surface area contributed by atoms with Crippen molar-refractivity contribution in [1.29, 1.82) is 0 Å². The fraction of sp³-hybridized carbons (Fsp3) is 0.229. The predicted octanol–water partition coefficient (Wildman–Crippen LogP) is 5.97. The van der Waals surface area contributed by atoms with Crippen molar-refractivity contribution in [3.05, 3.63) is 125 Å². The first-order valence-corrected chi connectivity index (χ1v) is 13.9. The standard InChI is InChI=1S/C35H34N2O5/c1-35(2)34(40)37(24-31(38)27-14-17-29(41-3)18-15-27)30-22-28(16-19-32(30)42-35)33(39)36(23-26-12-8-5-9-13-26)21-20-25-10-6-4-7-11-25/h4-19,22H,20-21,23-24H2,1-3H3. The lowest BCUT2D eigenvalue weighted by atomic mass is 10.0. The number of methoxy groups -OCH3 is 1. The molecule has 0 atom stereocenters. The molecule has 0 saturated heterocycles. The zero-order valence-electron chi connectivity index (χ0n) is 24.1. The van der Waals surface area contributed by atoms with E-state index in [4.69, 9.17) is 9.47 Å². The molecule has 0 unspecified atom stereocenters. The van der Waals surface area contributed by atoms with Crippen LogP contribution in [0.1, 0.15) is 45.7 Å². The van der Waals surface area contributed by atoms with Gasteiger partial charge in [-0.1, -0.05) is 60.7 Å². The van der Waals surface area contributed by atoms with E-state index >= 15 is 0 Å². The molecule has 0 fully saturated rings. The van der Waals surface area contributed by atoms with Crippen molar-refractivity contribution < 1.29 is 23.9 Å². The summed E-state index contributed by atoms with van der Waals surface area (Å²) < 4.78 is 11.2. The summed E-state index contributed by atoms with van der Waals surface area (Å²) in [4.78, 5) is 44.0. The molecule has 0 aliphatic carbocycles. The van der Waals surface area contributed by atoms with Crippen LogP contribution in [0.15, 0.2) is 103 Å². The maximum Gasteiger partial charge on any atom is 0.271 e. The third-order valence-corrected chi connectivity index (χ3v) is 7.35. The van der Waals surface area contributed by atoms with Gasteiger partial charge in [0.2, 0.25) is 0 Å². The fourth-order valence-electron chi connectivity index (χ4n) is 5.02. The number of ketones is 1. The van der Waals surface area contributed by atoms with E-state index in [0.717, 1.165) is 11.1 Å². The molecule has 42 heavy (non-hydrogen) atoms. The van der Waals surface area contributed by atoms with Crippen LogP contribution < -0.4 is 14.4 Å². The summed E-state index contributed by atoms with van der Waals surface area (Å²) >= 11 is 0. The van der Waals surface area contributed by atoms with Crippen molar-refractivity contribution in [2.45, 2.75) is 32.4 Å². The number of hydrogen-bond acceptors (Lipinski definition) is 5. The largest absolute Gasteiger partial charge is 0.497 e. The topological polar surface area (TPSA) is 76.1 Å². The number of hydrogen-bond donors (Lipinski definition) is 0. The Kier molecular flexibility index (Phi) is 8.38. The van der Waals surface area contributed by atoms with Crippen LogP contribution in [-0.2, 0) is 17.8 Å². The summed E-state index contributed by atoms with van der Waals surface area (Å²) in [6, 6.07) is 31.7. The number of Topliss-reactive ketones (excluding diaryl/α,β-unsaturated/α-hetero) is 1. The van der Waals surface area contributed by atoms with E-state index in [1.165, 1.54) is 4.90 Å². The summed E-state index contributed by atoms with van der Waals surface area (Å²) in [5, 5.41) is 0. The van der Waals surface area contributed by atoms with Gasteiger partial charge in [-0.2, -0.15) is 0 Å². The highest BCUT2D eigenvalue weighted by Crippen LogP contribution is 2.39. The maximum absolute atomic E-state index is 14.0. The number of ether oxygens (including phenoxy) is 2. The minimum atomic E-state index is -1.17. The number of carbonyl (C=O) groups is 3. The van der Waals surface area contributed by atoms with E-state index < -0.39 is 5.60 Å². The molecule has 1 aliphatic heterocycles. The Bertz CT molecular complexity index is 1570. The molecule has 5 rings (SSSR count). The van der Waals surface area contributed by atoms with Gasteiger partial charge >= 0.3 is 0 Å². The Morgan fingerprint density at radius 2 is 1.45 bits per heavy atom. The molecule has 7 heteroatoms. The van der Waals surface area contributed by atoms with Gasteiger partial charge in [-0.15, -0.1) is 0 Å². The highest BCUT2D eigenvalue weighted by Gasteiger charge is 2.42. The van der Waals surface area contributed by atoms with E-state index in [-0.39, 0.29) is 24.1 Å². The van der Waals surface area contributed by atoms with Crippen LogP contribution in [0, 0.1) is 0 Å². The molecule has 2 amide bonds. The van der Waals surface area contributed by atoms with Gasteiger partial charge in [0, 0.05) is 24.2 Å². The zero-order chi connectivity index (χ0) is 29.7. The van der Waals surface area contributed by atoms with E-state index in [1.807, 2.05) is 65.6 Å². The SMILES string of the molecule is COc1ccc(C(=O)CN2C(=O)C(C)(C)Oc3ccc(C(=O)N(CCc4ccccc4)Cc4ccccc4)cc32)cc1. The molecule has 4 aromatic carbocycles. The van der Waals surface area contributed by atoms with Crippen LogP contribution in [0.4, 0.5) is 5.69 Å². The third kappa shape index (κ3) is 6.36. The molecule has 0 bridgehead atoms. The van der Waals surface area contributed by atoms with Crippen molar-refractivity contribution in [3.63, 3.8) is 0 Å². The Labute approximate surface area is 246 Å². The average Bonchev–Trinajstić information content (AvgIpc) is 3.01. The second-order valence-corrected chi connectivity index (χ2v) is 10.8. The fourth-order valence-corrected chi connectivity index (χ4v) is 5.02. The highest BCUT2D eigenvalue weighted by atomic mass is 16.5.